The third-order valence-corrected chi connectivity index (χ3v) is 4.20. The highest BCUT2D eigenvalue weighted by atomic mass is 16.5. The number of hydrogen-bond acceptors (Lipinski definition) is 3. The van der Waals surface area contributed by atoms with E-state index >= 15 is 0 Å². The summed E-state index contributed by atoms with van der Waals surface area (Å²) < 4.78 is 7.48. The lowest BCUT2D eigenvalue weighted by atomic mass is 10.1. The van der Waals surface area contributed by atoms with Gasteiger partial charge in [-0.2, -0.15) is 0 Å². The molecule has 1 aliphatic rings. The van der Waals surface area contributed by atoms with Crippen LogP contribution in [-0.2, 0) is 22.5 Å². The van der Waals surface area contributed by atoms with E-state index in [1.54, 1.807) is 0 Å². The standard InChI is InChI=1S/C17H23N3O2/c1-2-16-19-14-5-3-4-6-15(14)20(16)10-7-17(21)18-13-8-11-22-12-9-13/h3-6,13H,2,7-12H2,1H3,(H,18,21). The number of fused-ring (bicyclic) bond motifs is 1. The molecule has 0 bridgehead atoms. The third-order valence-electron chi connectivity index (χ3n) is 4.20. The fraction of sp³-hybridized carbons (Fsp3) is 0.529. The number of aromatic nitrogens is 2. The van der Waals surface area contributed by atoms with Crippen LogP contribution in [0.2, 0.25) is 0 Å². The van der Waals surface area contributed by atoms with Gasteiger partial charge in [0.15, 0.2) is 0 Å². The Morgan fingerprint density at radius 2 is 2.14 bits per heavy atom. The number of aryl methyl sites for hydroxylation is 2. The fourth-order valence-electron chi connectivity index (χ4n) is 3.00. The summed E-state index contributed by atoms with van der Waals surface area (Å²) in [5.74, 6) is 1.16. The van der Waals surface area contributed by atoms with Crippen LogP contribution in [0.15, 0.2) is 24.3 Å². The minimum Gasteiger partial charge on any atom is -0.381 e. The molecule has 118 valence electrons. The summed E-state index contributed by atoms with van der Waals surface area (Å²) in [7, 11) is 0. The zero-order valence-corrected chi connectivity index (χ0v) is 13.0. The number of nitrogens with zero attached hydrogens (tertiary/aromatic N) is 2. The van der Waals surface area contributed by atoms with Crippen molar-refractivity contribution >= 4 is 16.9 Å². The Hall–Kier alpha value is -1.88. The lowest BCUT2D eigenvalue weighted by Gasteiger charge is -2.23. The lowest BCUT2D eigenvalue weighted by Crippen LogP contribution is -2.39. The second-order valence-electron chi connectivity index (χ2n) is 5.73. The first-order valence-corrected chi connectivity index (χ1v) is 8.09. The van der Waals surface area contributed by atoms with E-state index < -0.39 is 0 Å². The highest BCUT2D eigenvalue weighted by Gasteiger charge is 2.16. The van der Waals surface area contributed by atoms with Crippen molar-refractivity contribution in [1.29, 1.82) is 0 Å². The molecule has 1 aromatic heterocycles. The van der Waals surface area contributed by atoms with Crippen molar-refractivity contribution in [3.05, 3.63) is 30.1 Å². The number of rotatable bonds is 5. The zero-order valence-electron chi connectivity index (χ0n) is 13.0. The van der Waals surface area contributed by atoms with Gasteiger partial charge in [0.2, 0.25) is 5.91 Å². The first-order valence-electron chi connectivity index (χ1n) is 8.09. The van der Waals surface area contributed by atoms with Gasteiger partial charge in [-0.3, -0.25) is 4.79 Å². The van der Waals surface area contributed by atoms with Crippen LogP contribution in [0.3, 0.4) is 0 Å². The molecular formula is C17H23N3O2. The smallest absolute Gasteiger partial charge is 0.222 e. The van der Waals surface area contributed by atoms with Gasteiger partial charge in [0, 0.05) is 38.6 Å². The molecule has 22 heavy (non-hydrogen) atoms. The van der Waals surface area contributed by atoms with E-state index in [1.807, 2.05) is 18.2 Å². The van der Waals surface area contributed by atoms with Crippen molar-refractivity contribution in [1.82, 2.24) is 14.9 Å². The van der Waals surface area contributed by atoms with Crippen LogP contribution in [0.1, 0.15) is 32.0 Å². The Morgan fingerprint density at radius 1 is 1.36 bits per heavy atom. The lowest BCUT2D eigenvalue weighted by molar-refractivity contribution is -0.122. The Kier molecular flexibility index (Phi) is 4.73. The summed E-state index contributed by atoms with van der Waals surface area (Å²) in [5.41, 5.74) is 2.11. The van der Waals surface area contributed by atoms with E-state index in [0.717, 1.165) is 49.3 Å². The fourth-order valence-corrected chi connectivity index (χ4v) is 3.00. The first kappa shape index (κ1) is 15.0. The molecule has 1 saturated heterocycles. The molecule has 2 heterocycles. The zero-order chi connectivity index (χ0) is 15.4. The van der Waals surface area contributed by atoms with Crippen LogP contribution >= 0.6 is 0 Å². The molecule has 0 radical (unpaired) electrons. The van der Waals surface area contributed by atoms with Crippen LogP contribution in [-0.4, -0.2) is 34.7 Å². The topological polar surface area (TPSA) is 56.2 Å². The molecule has 5 nitrogen and oxygen atoms in total. The normalized spacial score (nSPS) is 16.0. The Morgan fingerprint density at radius 3 is 2.91 bits per heavy atom. The molecule has 5 heteroatoms. The van der Waals surface area contributed by atoms with Crippen molar-refractivity contribution < 1.29 is 9.53 Å². The summed E-state index contributed by atoms with van der Waals surface area (Å²) in [5, 5.41) is 3.11. The predicted molar refractivity (Wildman–Crippen MR) is 85.7 cm³/mol. The number of hydrogen-bond donors (Lipinski definition) is 1. The maximum absolute atomic E-state index is 12.2. The number of benzene rings is 1. The van der Waals surface area contributed by atoms with Crippen molar-refractivity contribution in [2.45, 2.75) is 45.2 Å². The molecule has 1 amide bonds. The van der Waals surface area contributed by atoms with Crippen LogP contribution < -0.4 is 5.32 Å². The maximum atomic E-state index is 12.2. The second-order valence-corrected chi connectivity index (χ2v) is 5.73. The summed E-state index contributed by atoms with van der Waals surface area (Å²) in [6.45, 7) is 4.27. The Labute approximate surface area is 130 Å². The Bertz CT molecular complexity index is 644. The second kappa shape index (κ2) is 6.92. The van der Waals surface area contributed by atoms with E-state index in [0.29, 0.717) is 13.0 Å². The van der Waals surface area contributed by atoms with Gasteiger partial charge in [-0.05, 0) is 25.0 Å². The number of para-hydroxylation sites is 2. The van der Waals surface area contributed by atoms with E-state index in [2.05, 4.69) is 27.9 Å². The highest BCUT2D eigenvalue weighted by Crippen LogP contribution is 2.17. The summed E-state index contributed by atoms with van der Waals surface area (Å²) >= 11 is 0. The number of nitrogens with one attached hydrogen (secondary N) is 1. The van der Waals surface area contributed by atoms with Crippen molar-refractivity contribution in [2.24, 2.45) is 0 Å². The molecule has 1 N–H and O–H groups in total. The Balaban J connectivity index is 1.64. The number of carbonyl (C=O) groups is 1. The first-order chi connectivity index (χ1) is 10.8. The minimum absolute atomic E-state index is 0.117. The van der Waals surface area contributed by atoms with Gasteiger partial charge in [-0.1, -0.05) is 19.1 Å². The SMILES string of the molecule is CCc1nc2ccccc2n1CCC(=O)NC1CCOCC1. The molecule has 1 aliphatic heterocycles. The van der Waals surface area contributed by atoms with Crippen molar-refractivity contribution in [3.8, 4) is 0 Å². The quantitative estimate of drug-likeness (QED) is 0.922. The van der Waals surface area contributed by atoms with Crippen LogP contribution in [0, 0.1) is 0 Å². The van der Waals surface area contributed by atoms with Gasteiger partial charge in [0.1, 0.15) is 5.82 Å². The van der Waals surface area contributed by atoms with Gasteiger partial charge in [-0.25, -0.2) is 4.98 Å². The summed E-state index contributed by atoms with van der Waals surface area (Å²) in [6.07, 6.45) is 3.20. The molecule has 2 aromatic rings. The highest BCUT2D eigenvalue weighted by molar-refractivity contribution is 5.78. The van der Waals surface area contributed by atoms with Gasteiger partial charge in [0.05, 0.1) is 11.0 Å². The molecular weight excluding hydrogens is 278 g/mol. The maximum Gasteiger partial charge on any atom is 0.222 e. The molecule has 1 aromatic carbocycles. The van der Waals surface area contributed by atoms with Crippen LogP contribution in [0.25, 0.3) is 11.0 Å². The van der Waals surface area contributed by atoms with E-state index in [-0.39, 0.29) is 11.9 Å². The van der Waals surface area contributed by atoms with Gasteiger partial charge in [0.25, 0.3) is 0 Å². The van der Waals surface area contributed by atoms with Crippen LogP contribution in [0.5, 0.6) is 0 Å². The molecule has 0 unspecified atom stereocenters. The summed E-state index contributed by atoms with van der Waals surface area (Å²) in [6, 6.07) is 8.37. The van der Waals surface area contributed by atoms with Gasteiger partial charge < -0.3 is 14.6 Å². The van der Waals surface area contributed by atoms with E-state index in [1.165, 1.54) is 0 Å². The predicted octanol–water partition coefficient (Wildman–Crippen LogP) is 2.28. The number of amides is 1. The van der Waals surface area contributed by atoms with E-state index in [9.17, 15) is 4.79 Å². The summed E-state index contributed by atoms with van der Waals surface area (Å²) in [4.78, 5) is 16.8. The molecule has 1 fully saturated rings. The number of carbonyl (C=O) groups excluding carboxylic acids is 1. The minimum atomic E-state index is 0.117. The largest absolute Gasteiger partial charge is 0.381 e. The third kappa shape index (κ3) is 3.30. The molecule has 0 spiro atoms. The van der Waals surface area contributed by atoms with Crippen molar-refractivity contribution in [2.75, 3.05) is 13.2 Å². The van der Waals surface area contributed by atoms with Crippen LogP contribution in [0.4, 0.5) is 0 Å². The number of imidazole rings is 1. The van der Waals surface area contributed by atoms with E-state index in [4.69, 9.17) is 4.74 Å². The molecule has 0 atom stereocenters. The van der Waals surface area contributed by atoms with Crippen molar-refractivity contribution in [3.63, 3.8) is 0 Å². The molecule has 3 rings (SSSR count). The average Bonchev–Trinajstić information content (AvgIpc) is 2.91. The van der Waals surface area contributed by atoms with Gasteiger partial charge in [-0.15, -0.1) is 0 Å². The average molecular weight is 301 g/mol. The number of ether oxygens (including phenoxy) is 1. The monoisotopic (exact) mass is 301 g/mol. The van der Waals surface area contributed by atoms with Gasteiger partial charge >= 0.3 is 0 Å². The molecule has 0 saturated carbocycles. The molecule has 0 aliphatic carbocycles.